The number of halogens is 1. The first-order valence-corrected chi connectivity index (χ1v) is 6.94. The Balaban J connectivity index is 1.83. The van der Waals surface area contributed by atoms with Crippen LogP contribution in [0.2, 0.25) is 0 Å². The minimum Gasteiger partial charge on any atom is -0.508 e. The van der Waals surface area contributed by atoms with Crippen LogP contribution in [0, 0.1) is 12.7 Å². The summed E-state index contributed by atoms with van der Waals surface area (Å²) in [6.07, 6.45) is 0. The Morgan fingerprint density at radius 2 is 1.96 bits per heavy atom. The van der Waals surface area contributed by atoms with Crippen molar-refractivity contribution in [3.8, 4) is 5.75 Å². The summed E-state index contributed by atoms with van der Waals surface area (Å²) in [5.74, 6) is -1.71. The topological polar surface area (TPSA) is 75.6 Å². The molecule has 0 heterocycles. The maximum absolute atomic E-state index is 13.4. The van der Waals surface area contributed by atoms with E-state index < -0.39 is 24.3 Å². The Morgan fingerprint density at radius 1 is 1.22 bits per heavy atom. The van der Waals surface area contributed by atoms with Crippen molar-refractivity contribution >= 4 is 11.9 Å². The number of amides is 1. The SMILES string of the molecule is Cc1ccc(C(=O)OCC(=O)NCc2ccccc2F)cc1O. The number of aromatic hydroxyl groups is 1. The van der Waals surface area contributed by atoms with Crippen LogP contribution in [0.15, 0.2) is 42.5 Å². The fraction of sp³-hybridized carbons (Fsp3) is 0.176. The van der Waals surface area contributed by atoms with Gasteiger partial charge < -0.3 is 15.2 Å². The maximum atomic E-state index is 13.4. The van der Waals surface area contributed by atoms with Crippen molar-refractivity contribution < 1.29 is 23.8 Å². The van der Waals surface area contributed by atoms with E-state index >= 15 is 0 Å². The van der Waals surface area contributed by atoms with Gasteiger partial charge in [0.2, 0.25) is 0 Å². The second-order valence-electron chi connectivity index (χ2n) is 4.95. The van der Waals surface area contributed by atoms with Crippen LogP contribution in [0.4, 0.5) is 4.39 Å². The number of esters is 1. The van der Waals surface area contributed by atoms with Crippen molar-refractivity contribution in [1.29, 1.82) is 0 Å². The van der Waals surface area contributed by atoms with Gasteiger partial charge >= 0.3 is 5.97 Å². The Morgan fingerprint density at radius 3 is 2.65 bits per heavy atom. The summed E-state index contributed by atoms with van der Waals surface area (Å²) in [5, 5.41) is 12.0. The molecular formula is C17H16FNO4. The van der Waals surface area contributed by atoms with Crippen LogP contribution < -0.4 is 5.32 Å². The first-order chi connectivity index (χ1) is 11.0. The second kappa shape index (κ2) is 7.40. The van der Waals surface area contributed by atoms with E-state index in [9.17, 15) is 19.1 Å². The third-order valence-electron chi connectivity index (χ3n) is 3.21. The van der Waals surface area contributed by atoms with E-state index in [2.05, 4.69) is 5.32 Å². The minimum absolute atomic E-state index is 0.00831. The summed E-state index contributed by atoms with van der Waals surface area (Å²) in [4.78, 5) is 23.4. The van der Waals surface area contributed by atoms with Gasteiger partial charge in [-0.2, -0.15) is 0 Å². The van der Waals surface area contributed by atoms with Crippen LogP contribution in [-0.2, 0) is 16.1 Å². The largest absolute Gasteiger partial charge is 0.508 e. The van der Waals surface area contributed by atoms with Gasteiger partial charge in [-0.05, 0) is 30.7 Å². The van der Waals surface area contributed by atoms with Gasteiger partial charge in [-0.1, -0.05) is 24.3 Å². The zero-order valence-electron chi connectivity index (χ0n) is 12.5. The molecule has 0 bridgehead atoms. The molecule has 2 aromatic carbocycles. The summed E-state index contributed by atoms with van der Waals surface area (Å²) in [7, 11) is 0. The fourth-order valence-corrected chi connectivity index (χ4v) is 1.84. The van der Waals surface area contributed by atoms with Crippen molar-refractivity contribution in [3.05, 3.63) is 65.0 Å². The molecule has 23 heavy (non-hydrogen) atoms. The molecular weight excluding hydrogens is 301 g/mol. The van der Waals surface area contributed by atoms with E-state index in [4.69, 9.17) is 4.74 Å². The highest BCUT2D eigenvalue weighted by molar-refractivity contribution is 5.91. The number of aryl methyl sites for hydroxylation is 1. The molecule has 5 nitrogen and oxygen atoms in total. The number of rotatable bonds is 5. The molecule has 0 atom stereocenters. The average molecular weight is 317 g/mol. The number of hydrogen-bond donors (Lipinski definition) is 2. The predicted octanol–water partition coefficient (Wildman–Crippen LogP) is 2.31. The molecule has 0 aliphatic heterocycles. The lowest BCUT2D eigenvalue weighted by molar-refractivity contribution is -0.124. The third kappa shape index (κ3) is 4.54. The number of phenolic OH excluding ortho intramolecular Hbond substituents is 1. The smallest absolute Gasteiger partial charge is 0.338 e. The van der Waals surface area contributed by atoms with Gasteiger partial charge in [0.1, 0.15) is 11.6 Å². The normalized spacial score (nSPS) is 10.2. The van der Waals surface area contributed by atoms with E-state index in [1.165, 1.54) is 18.2 Å². The van der Waals surface area contributed by atoms with Crippen molar-refractivity contribution in [3.63, 3.8) is 0 Å². The van der Waals surface area contributed by atoms with Crippen molar-refractivity contribution in [2.45, 2.75) is 13.5 Å². The maximum Gasteiger partial charge on any atom is 0.338 e. The van der Waals surface area contributed by atoms with Crippen LogP contribution in [0.25, 0.3) is 0 Å². The Hall–Kier alpha value is -2.89. The number of benzene rings is 2. The zero-order valence-corrected chi connectivity index (χ0v) is 12.5. The van der Waals surface area contributed by atoms with Crippen LogP contribution in [0.1, 0.15) is 21.5 Å². The van der Waals surface area contributed by atoms with Crippen LogP contribution in [0.5, 0.6) is 5.75 Å². The molecule has 120 valence electrons. The zero-order chi connectivity index (χ0) is 16.8. The van der Waals surface area contributed by atoms with Crippen molar-refractivity contribution in [1.82, 2.24) is 5.32 Å². The number of carbonyl (C=O) groups is 2. The van der Waals surface area contributed by atoms with E-state index in [0.717, 1.165) is 0 Å². The van der Waals surface area contributed by atoms with E-state index in [1.807, 2.05) is 0 Å². The molecule has 0 radical (unpaired) electrons. The lowest BCUT2D eigenvalue weighted by atomic mass is 10.1. The molecule has 2 N–H and O–H groups in total. The highest BCUT2D eigenvalue weighted by Crippen LogP contribution is 2.17. The standard InChI is InChI=1S/C17H16FNO4/c1-11-6-7-12(8-15(11)20)17(22)23-10-16(21)19-9-13-4-2-3-5-14(13)18/h2-8,20H,9-10H2,1H3,(H,19,21). The molecule has 0 aliphatic carbocycles. The molecule has 0 unspecified atom stereocenters. The third-order valence-corrected chi connectivity index (χ3v) is 3.21. The minimum atomic E-state index is -0.721. The molecule has 2 aromatic rings. The predicted molar refractivity (Wildman–Crippen MR) is 81.4 cm³/mol. The van der Waals surface area contributed by atoms with Gasteiger partial charge in [-0.25, -0.2) is 9.18 Å². The van der Waals surface area contributed by atoms with Crippen molar-refractivity contribution in [2.75, 3.05) is 6.61 Å². The Labute approximate surface area is 132 Å². The van der Waals surface area contributed by atoms with Gasteiger partial charge in [-0.3, -0.25) is 4.79 Å². The van der Waals surface area contributed by atoms with E-state index in [-0.39, 0.29) is 17.9 Å². The molecule has 2 rings (SSSR count). The van der Waals surface area contributed by atoms with Gasteiger partial charge in [0, 0.05) is 12.1 Å². The molecule has 1 amide bonds. The number of hydrogen-bond acceptors (Lipinski definition) is 4. The lowest BCUT2D eigenvalue weighted by Gasteiger charge is -2.08. The first kappa shape index (κ1) is 16.5. The fourth-order valence-electron chi connectivity index (χ4n) is 1.84. The first-order valence-electron chi connectivity index (χ1n) is 6.94. The summed E-state index contributed by atoms with van der Waals surface area (Å²) in [6, 6.07) is 10.4. The molecule has 0 spiro atoms. The molecule has 6 heteroatoms. The van der Waals surface area contributed by atoms with E-state index in [1.54, 1.807) is 31.2 Å². The van der Waals surface area contributed by atoms with Gasteiger partial charge in [0.25, 0.3) is 5.91 Å². The number of phenols is 1. The number of ether oxygens (including phenoxy) is 1. The summed E-state index contributed by atoms with van der Waals surface area (Å²) < 4.78 is 18.2. The summed E-state index contributed by atoms with van der Waals surface area (Å²) in [5.41, 5.74) is 1.12. The summed E-state index contributed by atoms with van der Waals surface area (Å²) >= 11 is 0. The number of nitrogens with one attached hydrogen (secondary N) is 1. The quantitative estimate of drug-likeness (QED) is 0.830. The molecule has 0 saturated heterocycles. The average Bonchev–Trinajstić information content (AvgIpc) is 2.54. The lowest BCUT2D eigenvalue weighted by Crippen LogP contribution is -2.28. The molecule has 0 saturated carbocycles. The van der Waals surface area contributed by atoms with E-state index in [0.29, 0.717) is 11.1 Å². The highest BCUT2D eigenvalue weighted by Gasteiger charge is 2.12. The highest BCUT2D eigenvalue weighted by atomic mass is 19.1. The Kier molecular flexibility index (Phi) is 5.30. The Bertz CT molecular complexity index is 730. The van der Waals surface area contributed by atoms with Gasteiger partial charge in [-0.15, -0.1) is 0 Å². The molecule has 0 fully saturated rings. The monoisotopic (exact) mass is 317 g/mol. The molecule has 0 aliphatic rings. The van der Waals surface area contributed by atoms with Gasteiger partial charge in [0.15, 0.2) is 6.61 Å². The van der Waals surface area contributed by atoms with Crippen molar-refractivity contribution in [2.24, 2.45) is 0 Å². The van der Waals surface area contributed by atoms with Gasteiger partial charge in [0.05, 0.1) is 5.56 Å². The van der Waals surface area contributed by atoms with Crippen LogP contribution >= 0.6 is 0 Å². The second-order valence-corrected chi connectivity index (χ2v) is 4.95. The molecule has 0 aromatic heterocycles. The summed E-state index contributed by atoms with van der Waals surface area (Å²) in [6.45, 7) is 1.22. The number of carbonyl (C=O) groups excluding carboxylic acids is 2. The van der Waals surface area contributed by atoms with Crippen LogP contribution in [-0.4, -0.2) is 23.6 Å². The van der Waals surface area contributed by atoms with Crippen LogP contribution in [0.3, 0.4) is 0 Å².